The number of nitrogens with one attached hydrogen (secondary N) is 1. The van der Waals surface area contributed by atoms with Crippen molar-refractivity contribution < 1.29 is 14.7 Å². The molecule has 4 fully saturated rings. The molecule has 0 heterocycles. The van der Waals surface area contributed by atoms with Crippen molar-refractivity contribution in [3.63, 3.8) is 0 Å². The minimum atomic E-state index is -0.424. The van der Waals surface area contributed by atoms with Gasteiger partial charge < -0.3 is 16.2 Å². The molecule has 5 heteroatoms. The van der Waals surface area contributed by atoms with Crippen LogP contribution >= 0.6 is 0 Å². The highest BCUT2D eigenvalue weighted by Crippen LogP contribution is 2.75. The van der Waals surface area contributed by atoms with Gasteiger partial charge in [-0.1, -0.05) is 54.0 Å². The van der Waals surface area contributed by atoms with E-state index in [-0.39, 0.29) is 50.9 Å². The Balaban J connectivity index is 1.56. The number of amides is 1. The number of fused-ring (bicyclic) bond motifs is 7. The monoisotopic (exact) mass is 512 g/mol. The zero-order valence-corrected chi connectivity index (χ0v) is 24.5. The Hall–Kier alpha value is -1.20. The van der Waals surface area contributed by atoms with Crippen LogP contribution in [-0.4, -0.2) is 36.0 Å². The summed E-state index contributed by atoms with van der Waals surface area (Å²) in [5.74, 6) is 1.04. The maximum absolute atomic E-state index is 14.4. The molecule has 0 spiro atoms. The minimum absolute atomic E-state index is 0.00791. The van der Waals surface area contributed by atoms with E-state index in [0.717, 1.165) is 57.8 Å². The Morgan fingerprint density at radius 3 is 2.35 bits per heavy atom. The van der Waals surface area contributed by atoms with Gasteiger partial charge in [0.25, 0.3) is 0 Å². The van der Waals surface area contributed by atoms with Gasteiger partial charge in [-0.05, 0) is 103 Å². The SMILES string of the molecule is CC1(C)[C@@H](O)CC[C@]2(C)[C@H]3C(=O)C=C4[C@@H]5C[C@@](C)(C(=O)NCCN)CC[C@]5(C)CC[C@@]4(C)[C@]3(C)CC[C@@H]12. The van der Waals surface area contributed by atoms with Crippen LogP contribution in [0, 0.1) is 50.2 Å². The van der Waals surface area contributed by atoms with E-state index in [0.29, 0.717) is 24.8 Å². The van der Waals surface area contributed by atoms with E-state index in [9.17, 15) is 14.7 Å². The number of aliphatic hydroxyl groups is 1. The lowest BCUT2D eigenvalue weighted by Gasteiger charge is -2.70. The van der Waals surface area contributed by atoms with Crippen molar-refractivity contribution in [1.82, 2.24) is 5.32 Å². The van der Waals surface area contributed by atoms with E-state index in [1.807, 2.05) is 0 Å². The van der Waals surface area contributed by atoms with E-state index in [4.69, 9.17) is 5.73 Å². The second-order valence-corrected chi connectivity index (χ2v) is 15.7. The Morgan fingerprint density at radius 1 is 1.00 bits per heavy atom. The van der Waals surface area contributed by atoms with Crippen molar-refractivity contribution in [3.05, 3.63) is 11.6 Å². The molecule has 1 amide bonds. The molecule has 208 valence electrons. The largest absolute Gasteiger partial charge is 0.393 e. The Kier molecular flexibility index (Phi) is 6.21. The molecule has 37 heavy (non-hydrogen) atoms. The zero-order chi connectivity index (χ0) is 27.2. The molecule has 0 bridgehead atoms. The molecule has 5 aliphatic carbocycles. The van der Waals surface area contributed by atoms with E-state index < -0.39 is 5.41 Å². The number of aliphatic hydroxyl groups excluding tert-OH is 1. The lowest BCUT2D eigenvalue weighted by Crippen LogP contribution is -2.66. The smallest absolute Gasteiger partial charge is 0.226 e. The average molecular weight is 513 g/mol. The zero-order valence-electron chi connectivity index (χ0n) is 24.5. The maximum Gasteiger partial charge on any atom is 0.226 e. The Labute approximate surface area is 224 Å². The number of hydrogen-bond donors (Lipinski definition) is 3. The molecule has 4 N–H and O–H groups in total. The molecule has 0 aromatic heterocycles. The van der Waals surface area contributed by atoms with E-state index in [2.05, 4.69) is 59.9 Å². The topological polar surface area (TPSA) is 92.4 Å². The van der Waals surface area contributed by atoms with Gasteiger partial charge in [0.15, 0.2) is 5.78 Å². The summed E-state index contributed by atoms with van der Waals surface area (Å²) in [6.07, 6.45) is 10.6. The van der Waals surface area contributed by atoms with Gasteiger partial charge in [-0.25, -0.2) is 0 Å². The molecule has 0 radical (unpaired) electrons. The van der Waals surface area contributed by atoms with Gasteiger partial charge in [0.05, 0.1) is 6.10 Å². The number of allylic oxidation sites excluding steroid dienone is 2. The average Bonchev–Trinajstić information content (AvgIpc) is 2.82. The lowest BCUT2D eigenvalue weighted by atomic mass is 9.33. The van der Waals surface area contributed by atoms with E-state index in [1.54, 1.807) is 0 Å². The van der Waals surface area contributed by atoms with Crippen molar-refractivity contribution in [1.29, 1.82) is 0 Å². The highest BCUT2D eigenvalue weighted by Gasteiger charge is 2.70. The predicted octanol–water partition coefficient (Wildman–Crippen LogP) is 5.40. The fraction of sp³-hybridized carbons (Fsp3) is 0.875. The molecule has 0 aliphatic heterocycles. The van der Waals surface area contributed by atoms with Gasteiger partial charge in [0.1, 0.15) is 0 Å². The van der Waals surface area contributed by atoms with Crippen LogP contribution in [0.15, 0.2) is 11.6 Å². The van der Waals surface area contributed by atoms with Crippen LogP contribution in [0.3, 0.4) is 0 Å². The fourth-order valence-corrected chi connectivity index (χ4v) is 10.8. The van der Waals surface area contributed by atoms with Crippen LogP contribution in [0.2, 0.25) is 0 Å². The van der Waals surface area contributed by atoms with Gasteiger partial charge in [-0.3, -0.25) is 9.59 Å². The molecule has 0 unspecified atom stereocenters. The predicted molar refractivity (Wildman–Crippen MR) is 147 cm³/mol. The molecule has 4 saturated carbocycles. The number of hydrogen-bond acceptors (Lipinski definition) is 4. The van der Waals surface area contributed by atoms with E-state index in [1.165, 1.54) is 5.57 Å². The van der Waals surface area contributed by atoms with Crippen molar-refractivity contribution in [2.24, 2.45) is 56.0 Å². The van der Waals surface area contributed by atoms with Crippen molar-refractivity contribution >= 4 is 11.7 Å². The Bertz CT molecular complexity index is 1020. The minimum Gasteiger partial charge on any atom is -0.393 e. The molecular weight excluding hydrogens is 460 g/mol. The highest BCUT2D eigenvalue weighted by molar-refractivity contribution is 5.95. The number of nitrogens with two attached hydrogens (primary N) is 1. The quantitative estimate of drug-likeness (QED) is 0.472. The molecule has 5 nitrogen and oxygen atoms in total. The first kappa shape index (κ1) is 27.4. The molecule has 0 aromatic carbocycles. The van der Waals surface area contributed by atoms with Crippen molar-refractivity contribution in [2.45, 2.75) is 112 Å². The van der Waals surface area contributed by atoms with Gasteiger partial charge in [-0.2, -0.15) is 0 Å². The maximum atomic E-state index is 14.4. The molecule has 0 aromatic rings. The molecule has 5 rings (SSSR count). The number of ketones is 1. The lowest BCUT2D eigenvalue weighted by molar-refractivity contribution is -0.202. The third-order valence-electron chi connectivity index (χ3n) is 13.5. The second kappa shape index (κ2) is 8.40. The molecule has 5 aliphatic rings. The number of rotatable bonds is 3. The third-order valence-corrected chi connectivity index (χ3v) is 13.5. The van der Waals surface area contributed by atoms with E-state index >= 15 is 0 Å². The van der Waals surface area contributed by atoms with Gasteiger partial charge in [0, 0.05) is 24.4 Å². The summed E-state index contributed by atoms with van der Waals surface area (Å²) in [5.41, 5.74) is 6.32. The fourth-order valence-electron chi connectivity index (χ4n) is 10.8. The number of carbonyl (C=O) groups is 2. The Morgan fingerprint density at radius 2 is 1.68 bits per heavy atom. The van der Waals surface area contributed by atoms with Crippen molar-refractivity contribution in [3.8, 4) is 0 Å². The van der Waals surface area contributed by atoms with Gasteiger partial charge in [-0.15, -0.1) is 0 Å². The van der Waals surface area contributed by atoms with Crippen LogP contribution in [0.1, 0.15) is 106 Å². The molecule has 0 saturated heterocycles. The summed E-state index contributed by atoms with van der Waals surface area (Å²) in [7, 11) is 0. The van der Waals surface area contributed by atoms with Gasteiger partial charge in [0.2, 0.25) is 5.91 Å². The summed E-state index contributed by atoms with van der Waals surface area (Å²) >= 11 is 0. The van der Waals surface area contributed by atoms with Crippen LogP contribution in [0.25, 0.3) is 0 Å². The molecular formula is C32H52N2O3. The first-order valence-corrected chi connectivity index (χ1v) is 15.0. The summed E-state index contributed by atoms with van der Waals surface area (Å²) in [4.78, 5) is 27.6. The highest BCUT2D eigenvalue weighted by atomic mass is 16.3. The van der Waals surface area contributed by atoms with Crippen LogP contribution in [-0.2, 0) is 9.59 Å². The van der Waals surface area contributed by atoms with Crippen LogP contribution < -0.4 is 11.1 Å². The first-order chi connectivity index (χ1) is 17.1. The van der Waals surface area contributed by atoms with Gasteiger partial charge >= 0.3 is 0 Å². The summed E-state index contributed by atoms with van der Waals surface area (Å²) in [6, 6.07) is 0. The van der Waals surface area contributed by atoms with Crippen LogP contribution in [0.4, 0.5) is 0 Å². The molecule has 9 atom stereocenters. The summed E-state index contributed by atoms with van der Waals surface area (Å²) in [5, 5.41) is 14.0. The van der Waals surface area contributed by atoms with Crippen molar-refractivity contribution in [2.75, 3.05) is 13.1 Å². The van der Waals surface area contributed by atoms with Crippen LogP contribution in [0.5, 0.6) is 0 Å². The standard InChI is InChI=1S/C32H52N2O3/c1-27(2)23-8-11-32(7)25(30(23,5)10-9-24(27)36)22(35)18-20-21-19-29(4,26(37)34-17-16-33)13-12-28(21,3)14-15-31(20,32)6/h18,21,23-25,36H,8-17,19,33H2,1-7H3,(H,34,37)/t21-,23-,24-,25+,28+,29-,30-,31+,32+/m0/s1. The summed E-state index contributed by atoms with van der Waals surface area (Å²) < 4.78 is 0. The summed E-state index contributed by atoms with van der Waals surface area (Å²) in [6.45, 7) is 17.2. The first-order valence-electron chi connectivity index (χ1n) is 15.0. The third kappa shape index (κ3) is 3.54. The number of carbonyl (C=O) groups excluding carboxylic acids is 2. The normalized spacial score (nSPS) is 50.6. The second-order valence-electron chi connectivity index (χ2n) is 15.7.